The van der Waals surface area contributed by atoms with Gasteiger partial charge >= 0.3 is 11.9 Å². The summed E-state index contributed by atoms with van der Waals surface area (Å²) in [7, 11) is 1.39. The molecule has 4 rings (SSSR count). The summed E-state index contributed by atoms with van der Waals surface area (Å²) >= 11 is 0. The highest BCUT2D eigenvalue weighted by Crippen LogP contribution is 2.30. The molecule has 1 aliphatic heterocycles. The van der Waals surface area contributed by atoms with E-state index in [4.69, 9.17) is 18.9 Å². The third kappa shape index (κ3) is 7.76. The lowest BCUT2D eigenvalue weighted by atomic mass is 9.94. The van der Waals surface area contributed by atoms with E-state index in [1.807, 2.05) is 56.3 Å². The van der Waals surface area contributed by atoms with Crippen LogP contribution in [0.4, 0.5) is 0 Å². The molecule has 38 heavy (non-hydrogen) atoms. The second kappa shape index (κ2) is 12.9. The van der Waals surface area contributed by atoms with E-state index in [1.165, 1.54) is 18.2 Å². The molecule has 0 spiro atoms. The highest BCUT2D eigenvalue weighted by Gasteiger charge is 2.40. The van der Waals surface area contributed by atoms with Crippen molar-refractivity contribution in [1.82, 2.24) is 0 Å². The Bertz CT molecular complexity index is 1200. The second-order valence-electron chi connectivity index (χ2n) is 10.1. The lowest BCUT2D eigenvalue weighted by Gasteiger charge is -2.40. The van der Waals surface area contributed by atoms with Crippen molar-refractivity contribution in [3.8, 4) is 0 Å². The van der Waals surface area contributed by atoms with Crippen molar-refractivity contribution in [3.05, 3.63) is 107 Å². The summed E-state index contributed by atoms with van der Waals surface area (Å²) in [4.78, 5) is 24.6. The molecule has 0 saturated carbocycles. The van der Waals surface area contributed by atoms with E-state index in [-0.39, 0.29) is 31.3 Å². The number of carbonyl (C=O) groups is 2. The van der Waals surface area contributed by atoms with E-state index in [2.05, 4.69) is 24.3 Å². The average Bonchev–Trinajstić information content (AvgIpc) is 2.94. The van der Waals surface area contributed by atoms with Gasteiger partial charge in [-0.25, -0.2) is 4.79 Å². The minimum absolute atomic E-state index is 0.236. The molecule has 3 aromatic rings. The molecule has 2 atom stereocenters. The van der Waals surface area contributed by atoms with Crippen LogP contribution >= 0.6 is 0 Å². The molecule has 0 N–H and O–H groups in total. The molecular weight excluding hydrogens is 480 g/mol. The van der Waals surface area contributed by atoms with Crippen LogP contribution in [-0.4, -0.2) is 37.5 Å². The van der Waals surface area contributed by atoms with Gasteiger partial charge in [-0.1, -0.05) is 66.7 Å². The first-order valence-corrected chi connectivity index (χ1v) is 13.1. The molecule has 0 unspecified atom stereocenters. The monoisotopic (exact) mass is 516 g/mol. The van der Waals surface area contributed by atoms with Crippen LogP contribution in [0.2, 0.25) is 0 Å². The standard InChI is InChI=1S/C32H36O6/c1-32(2)37-22-28(31(34)36-21-26-8-5-4-6-9-26)29(38-32)19-16-25-11-7-10-24(20-25)13-12-23-14-17-27(18-15-23)30(33)35-3/h4-11,14-15,17-18,20,28-29H,12-13,16,19,21-22H2,1-3H3/t28-,29-/m1/s1. The third-order valence-electron chi connectivity index (χ3n) is 6.81. The van der Waals surface area contributed by atoms with Gasteiger partial charge in [-0.15, -0.1) is 0 Å². The van der Waals surface area contributed by atoms with Crippen molar-refractivity contribution >= 4 is 11.9 Å². The Morgan fingerprint density at radius 1 is 0.842 bits per heavy atom. The zero-order chi connectivity index (χ0) is 27.0. The molecule has 0 aromatic heterocycles. The van der Waals surface area contributed by atoms with Crippen molar-refractivity contribution < 1.29 is 28.5 Å². The Balaban J connectivity index is 1.33. The molecule has 6 nitrogen and oxygen atoms in total. The first kappa shape index (κ1) is 27.6. The van der Waals surface area contributed by atoms with E-state index in [9.17, 15) is 9.59 Å². The molecule has 0 bridgehead atoms. The van der Waals surface area contributed by atoms with Crippen molar-refractivity contribution in [2.75, 3.05) is 13.7 Å². The van der Waals surface area contributed by atoms with Gasteiger partial charge in [0.1, 0.15) is 12.5 Å². The van der Waals surface area contributed by atoms with Gasteiger partial charge in [-0.3, -0.25) is 4.79 Å². The SMILES string of the molecule is COC(=O)c1ccc(CCc2cccc(CC[C@H]3OC(C)(C)OC[C@H]3C(=O)OCc3ccccc3)c2)cc1. The topological polar surface area (TPSA) is 71.1 Å². The smallest absolute Gasteiger partial charge is 0.337 e. The maximum atomic E-state index is 12.9. The van der Waals surface area contributed by atoms with E-state index in [0.717, 1.165) is 30.4 Å². The summed E-state index contributed by atoms with van der Waals surface area (Å²) in [6, 6.07) is 25.7. The molecule has 0 radical (unpaired) electrons. The van der Waals surface area contributed by atoms with Crippen LogP contribution in [0, 0.1) is 5.92 Å². The number of rotatable bonds is 10. The number of esters is 2. The van der Waals surface area contributed by atoms with Crippen molar-refractivity contribution in [2.24, 2.45) is 5.92 Å². The normalized spacial score (nSPS) is 18.5. The molecule has 0 amide bonds. The molecule has 1 aliphatic rings. The summed E-state index contributed by atoms with van der Waals surface area (Å²) in [6.07, 6.45) is 2.94. The fraction of sp³-hybridized carbons (Fsp3) is 0.375. The Morgan fingerprint density at radius 2 is 1.50 bits per heavy atom. The largest absolute Gasteiger partial charge is 0.465 e. The van der Waals surface area contributed by atoms with Crippen LogP contribution in [0.3, 0.4) is 0 Å². The summed E-state index contributed by atoms with van der Waals surface area (Å²) < 4.78 is 22.4. The van der Waals surface area contributed by atoms with Gasteiger partial charge in [0.05, 0.1) is 25.4 Å². The Labute approximate surface area is 224 Å². The molecule has 0 aliphatic carbocycles. The average molecular weight is 517 g/mol. The van der Waals surface area contributed by atoms with Gasteiger partial charge in [0.15, 0.2) is 5.79 Å². The summed E-state index contributed by atoms with van der Waals surface area (Å²) in [6.45, 7) is 4.27. The lowest BCUT2D eigenvalue weighted by Crippen LogP contribution is -2.49. The fourth-order valence-corrected chi connectivity index (χ4v) is 4.66. The van der Waals surface area contributed by atoms with E-state index in [1.54, 1.807) is 12.1 Å². The summed E-state index contributed by atoms with van der Waals surface area (Å²) in [5.74, 6) is -1.83. The fourth-order valence-electron chi connectivity index (χ4n) is 4.66. The molecule has 3 aromatic carbocycles. The van der Waals surface area contributed by atoms with E-state index < -0.39 is 11.7 Å². The molecule has 200 valence electrons. The van der Waals surface area contributed by atoms with Crippen molar-refractivity contribution in [3.63, 3.8) is 0 Å². The zero-order valence-corrected chi connectivity index (χ0v) is 22.4. The molecule has 1 saturated heterocycles. The second-order valence-corrected chi connectivity index (χ2v) is 10.1. The van der Waals surface area contributed by atoms with Crippen LogP contribution in [0.1, 0.15) is 52.9 Å². The number of hydrogen-bond donors (Lipinski definition) is 0. The van der Waals surface area contributed by atoms with Gasteiger partial charge in [0.25, 0.3) is 0 Å². The van der Waals surface area contributed by atoms with Gasteiger partial charge < -0.3 is 18.9 Å². The van der Waals surface area contributed by atoms with Crippen LogP contribution in [-0.2, 0) is 49.6 Å². The molecule has 1 heterocycles. The van der Waals surface area contributed by atoms with E-state index >= 15 is 0 Å². The summed E-state index contributed by atoms with van der Waals surface area (Å²) in [5.41, 5.74) is 5.11. The Kier molecular flexibility index (Phi) is 9.32. The highest BCUT2D eigenvalue weighted by atomic mass is 16.7. The highest BCUT2D eigenvalue weighted by molar-refractivity contribution is 5.89. The van der Waals surface area contributed by atoms with Crippen LogP contribution in [0.15, 0.2) is 78.9 Å². The number of methoxy groups -OCH3 is 1. The number of hydrogen-bond acceptors (Lipinski definition) is 6. The third-order valence-corrected chi connectivity index (χ3v) is 6.81. The predicted molar refractivity (Wildman–Crippen MR) is 145 cm³/mol. The molecular formula is C32H36O6. The quantitative estimate of drug-likeness (QED) is 0.322. The van der Waals surface area contributed by atoms with Crippen LogP contribution < -0.4 is 0 Å². The van der Waals surface area contributed by atoms with Gasteiger partial charge in [-0.2, -0.15) is 0 Å². The Hall–Kier alpha value is -3.48. The lowest BCUT2D eigenvalue weighted by molar-refractivity contribution is -0.292. The van der Waals surface area contributed by atoms with Crippen LogP contribution in [0.5, 0.6) is 0 Å². The molecule has 6 heteroatoms. The van der Waals surface area contributed by atoms with Crippen molar-refractivity contribution in [1.29, 1.82) is 0 Å². The number of benzene rings is 3. The predicted octanol–water partition coefficient (Wildman–Crippen LogP) is 5.70. The minimum atomic E-state index is -0.744. The van der Waals surface area contributed by atoms with Crippen molar-refractivity contribution in [2.45, 2.75) is 58.0 Å². The number of ether oxygens (including phenoxy) is 4. The van der Waals surface area contributed by atoms with Gasteiger partial charge in [0.2, 0.25) is 0 Å². The van der Waals surface area contributed by atoms with E-state index in [0.29, 0.717) is 12.0 Å². The molecule has 1 fully saturated rings. The van der Waals surface area contributed by atoms with Crippen LogP contribution in [0.25, 0.3) is 0 Å². The number of carbonyl (C=O) groups excluding carboxylic acids is 2. The van der Waals surface area contributed by atoms with Gasteiger partial charge in [0, 0.05) is 0 Å². The maximum Gasteiger partial charge on any atom is 0.337 e. The van der Waals surface area contributed by atoms with Gasteiger partial charge in [-0.05, 0) is 73.9 Å². The first-order valence-electron chi connectivity index (χ1n) is 13.1. The Morgan fingerprint density at radius 3 is 2.21 bits per heavy atom. The number of aryl methyl sites for hydroxylation is 3. The maximum absolute atomic E-state index is 12.9. The summed E-state index contributed by atoms with van der Waals surface area (Å²) in [5, 5.41) is 0. The minimum Gasteiger partial charge on any atom is -0.465 e. The zero-order valence-electron chi connectivity index (χ0n) is 22.4. The first-order chi connectivity index (χ1) is 18.3.